The van der Waals surface area contributed by atoms with E-state index in [1.54, 1.807) is 17.0 Å². The molecular formula is C32H38Cl2N2O2. The van der Waals surface area contributed by atoms with Crippen LogP contribution in [0.1, 0.15) is 68.2 Å². The Hall–Kier alpha value is -2.82. The van der Waals surface area contributed by atoms with Gasteiger partial charge in [0.2, 0.25) is 11.8 Å². The molecule has 0 bridgehead atoms. The molecule has 38 heavy (non-hydrogen) atoms. The van der Waals surface area contributed by atoms with Gasteiger partial charge in [0.25, 0.3) is 0 Å². The van der Waals surface area contributed by atoms with Crippen molar-refractivity contribution in [2.24, 2.45) is 0 Å². The maximum atomic E-state index is 13.8. The third kappa shape index (κ3) is 8.89. The quantitative estimate of drug-likeness (QED) is 0.222. The molecule has 0 aliphatic rings. The van der Waals surface area contributed by atoms with Crippen LogP contribution in [0.25, 0.3) is 0 Å². The summed E-state index contributed by atoms with van der Waals surface area (Å²) in [5.41, 5.74) is 4.20. The Morgan fingerprint density at radius 1 is 0.868 bits per heavy atom. The van der Waals surface area contributed by atoms with Crippen LogP contribution in [-0.2, 0) is 29.0 Å². The van der Waals surface area contributed by atoms with E-state index in [1.165, 1.54) is 5.56 Å². The van der Waals surface area contributed by atoms with Gasteiger partial charge in [-0.05, 0) is 53.1 Å². The van der Waals surface area contributed by atoms with Crippen molar-refractivity contribution in [1.82, 2.24) is 10.2 Å². The molecule has 1 N–H and O–H groups in total. The molecule has 0 unspecified atom stereocenters. The molecule has 2 amide bonds. The van der Waals surface area contributed by atoms with Gasteiger partial charge in [-0.3, -0.25) is 9.59 Å². The number of hydrogen-bond acceptors (Lipinski definition) is 2. The van der Waals surface area contributed by atoms with Gasteiger partial charge < -0.3 is 10.2 Å². The molecular weight excluding hydrogens is 515 g/mol. The number of halogens is 2. The highest BCUT2D eigenvalue weighted by Crippen LogP contribution is 2.25. The molecule has 3 aromatic carbocycles. The van der Waals surface area contributed by atoms with E-state index in [2.05, 4.69) is 50.4 Å². The molecule has 3 aromatic rings. The number of rotatable bonds is 13. The summed E-state index contributed by atoms with van der Waals surface area (Å²) in [5.74, 6) is 0.241. The van der Waals surface area contributed by atoms with E-state index >= 15 is 0 Å². The molecule has 0 aliphatic carbocycles. The second-order valence-electron chi connectivity index (χ2n) is 10.0. The van der Waals surface area contributed by atoms with Crippen molar-refractivity contribution in [3.8, 4) is 0 Å². The fourth-order valence-electron chi connectivity index (χ4n) is 4.36. The molecule has 0 fully saturated rings. The third-order valence-electron chi connectivity index (χ3n) is 6.71. The lowest BCUT2D eigenvalue weighted by Crippen LogP contribution is -2.50. The van der Waals surface area contributed by atoms with Crippen LogP contribution in [0.5, 0.6) is 0 Å². The van der Waals surface area contributed by atoms with Gasteiger partial charge in [0.1, 0.15) is 6.04 Å². The second kappa shape index (κ2) is 14.9. The van der Waals surface area contributed by atoms with Crippen molar-refractivity contribution in [2.45, 2.75) is 71.4 Å². The molecule has 0 aliphatic heterocycles. The Morgan fingerprint density at radius 2 is 1.55 bits per heavy atom. The molecule has 0 radical (unpaired) electrons. The standard InChI is InChI=1S/C32H38Cl2N2O2/c1-4-5-19-35-32(38)30(21-25-9-7-6-8-10-25)36(22-26-13-17-28(33)29(34)20-26)31(37)18-14-24-11-15-27(16-12-24)23(2)3/h6-13,15-17,20,23,30H,4-5,14,18-19,21-22H2,1-3H3,(H,35,38)/t30-/m0/s1. The lowest BCUT2D eigenvalue weighted by Gasteiger charge is -2.32. The van der Waals surface area contributed by atoms with Crippen molar-refractivity contribution in [3.05, 3.63) is 105 Å². The number of carbonyl (C=O) groups is 2. The summed E-state index contributed by atoms with van der Waals surface area (Å²) in [4.78, 5) is 29.0. The van der Waals surface area contributed by atoms with E-state index in [4.69, 9.17) is 23.2 Å². The number of hydrogen-bond donors (Lipinski definition) is 1. The summed E-state index contributed by atoms with van der Waals surface area (Å²) in [6.07, 6.45) is 3.19. The van der Waals surface area contributed by atoms with Crippen LogP contribution in [0, 0.1) is 0 Å². The van der Waals surface area contributed by atoms with E-state index in [0.717, 1.165) is 29.5 Å². The van der Waals surface area contributed by atoms with Crippen molar-refractivity contribution in [1.29, 1.82) is 0 Å². The predicted octanol–water partition coefficient (Wildman–Crippen LogP) is 7.61. The topological polar surface area (TPSA) is 49.4 Å². The molecule has 0 heterocycles. The average Bonchev–Trinajstić information content (AvgIpc) is 2.92. The van der Waals surface area contributed by atoms with Gasteiger partial charge in [-0.15, -0.1) is 0 Å². The molecule has 0 saturated heterocycles. The van der Waals surface area contributed by atoms with E-state index in [1.807, 2.05) is 36.4 Å². The van der Waals surface area contributed by atoms with Crippen LogP contribution in [0.2, 0.25) is 10.0 Å². The van der Waals surface area contributed by atoms with Crippen LogP contribution < -0.4 is 5.32 Å². The number of amides is 2. The first-order chi connectivity index (χ1) is 18.3. The smallest absolute Gasteiger partial charge is 0.243 e. The Morgan fingerprint density at radius 3 is 2.18 bits per heavy atom. The largest absolute Gasteiger partial charge is 0.354 e. The van der Waals surface area contributed by atoms with Gasteiger partial charge in [-0.25, -0.2) is 0 Å². The zero-order chi connectivity index (χ0) is 27.5. The second-order valence-corrected chi connectivity index (χ2v) is 10.8. The molecule has 6 heteroatoms. The van der Waals surface area contributed by atoms with Crippen molar-refractivity contribution in [2.75, 3.05) is 6.54 Å². The van der Waals surface area contributed by atoms with E-state index in [-0.39, 0.29) is 18.4 Å². The van der Waals surface area contributed by atoms with Gasteiger partial charge in [0.15, 0.2) is 0 Å². The van der Waals surface area contributed by atoms with E-state index < -0.39 is 6.04 Å². The first kappa shape index (κ1) is 29.7. The zero-order valence-electron chi connectivity index (χ0n) is 22.6. The Kier molecular flexibility index (Phi) is 11.7. The summed E-state index contributed by atoms with van der Waals surface area (Å²) in [6.45, 7) is 7.26. The number of nitrogens with zero attached hydrogens (tertiary/aromatic N) is 1. The SMILES string of the molecule is CCCCNC(=O)[C@H](Cc1ccccc1)N(Cc1ccc(Cl)c(Cl)c1)C(=O)CCc1ccc(C(C)C)cc1. The summed E-state index contributed by atoms with van der Waals surface area (Å²) in [5, 5.41) is 3.94. The minimum Gasteiger partial charge on any atom is -0.354 e. The van der Waals surface area contributed by atoms with Gasteiger partial charge in [-0.1, -0.05) is 111 Å². The Balaban J connectivity index is 1.88. The third-order valence-corrected chi connectivity index (χ3v) is 7.45. The molecule has 202 valence electrons. The number of aryl methyl sites for hydroxylation is 1. The van der Waals surface area contributed by atoms with Gasteiger partial charge in [0.05, 0.1) is 10.0 Å². The maximum absolute atomic E-state index is 13.8. The summed E-state index contributed by atoms with van der Waals surface area (Å²) in [6, 6.07) is 22.9. The lowest BCUT2D eigenvalue weighted by atomic mass is 9.99. The maximum Gasteiger partial charge on any atom is 0.243 e. The van der Waals surface area contributed by atoms with Crippen molar-refractivity contribution >= 4 is 35.0 Å². The fraction of sp³-hybridized carbons (Fsp3) is 0.375. The van der Waals surface area contributed by atoms with Gasteiger partial charge in [0, 0.05) is 25.9 Å². The first-order valence-electron chi connectivity index (χ1n) is 13.4. The van der Waals surface area contributed by atoms with Crippen LogP contribution >= 0.6 is 23.2 Å². The number of unbranched alkanes of at least 4 members (excludes halogenated alkanes) is 1. The van der Waals surface area contributed by atoms with Gasteiger partial charge in [-0.2, -0.15) is 0 Å². The normalized spacial score (nSPS) is 11.8. The summed E-state index contributed by atoms with van der Waals surface area (Å²) >= 11 is 12.4. The van der Waals surface area contributed by atoms with Crippen LogP contribution in [0.4, 0.5) is 0 Å². The number of benzene rings is 3. The minimum absolute atomic E-state index is 0.0735. The summed E-state index contributed by atoms with van der Waals surface area (Å²) < 4.78 is 0. The highest BCUT2D eigenvalue weighted by Gasteiger charge is 2.30. The highest BCUT2D eigenvalue weighted by atomic mass is 35.5. The zero-order valence-corrected chi connectivity index (χ0v) is 24.1. The highest BCUT2D eigenvalue weighted by molar-refractivity contribution is 6.42. The Bertz CT molecular complexity index is 1180. The van der Waals surface area contributed by atoms with Crippen LogP contribution in [0.15, 0.2) is 72.8 Å². The van der Waals surface area contributed by atoms with Crippen molar-refractivity contribution < 1.29 is 9.59 Å². The lowest BCUT2D eigenvalue weighted by molar-refractivity contribution is -0.141. The van der Waals surface area contributed by atoms with Gasteiger partial charge >= 0.3 is 0 Å². The van der Waals surface area contributed by atoms with Crippen LogP contribution in [-0.4, -0.2) is 29.3 Å². The van der Waals surface area contributed by atoms with Crippen molar-refractivity contribution in [3.63, 3.8) is 0 Å². The molecule has 4 nitrogen and oxygen atoms in total. The van der Waals surface area contributed by atoms with E-state index in [9.17, 15) is 9.59 Å². The molecule has 0 aromatic heterocycles. The monoisotopic (exact) mass is 552 g/mol. The molecule has 0 spiro atoms. The van der Waals surface area contributed by atoms with E-state index in [0.29, 0.717) is 41.8 Å². The van der Waals surface area contributed by atoms with Crippen LogP contribution in [0.3, 0.4) is 0 Å². The first-order valence-corrected chi connectivity index (χ1v) is 14.2. The fourth-order valence-corrected chi connectivity index (χ4v) is 4.68. The summed E-state index contributed by atoms with van der Waals surface area (Å²) in [7, 11) is 0. The average molecular weight is 554 g/mol. The molecule has 0 saturated carbocycles. The number of nitrogens with one attached hydrogen (secondary N) is 1. The molecule has 1 atom stereocenters. The minimum atomic E-state index is -0.653. The molecule has 3 rings (SSSR count). The predicted molar refractivity (Wildman–Crippen MR) is 158 cm³/mol. The number of carbonyl (C=O) groups excluding carboxylic acids is 2. The Labute approximate surface area is 237 Å².